The normalized spacial score (nSPS) is 11.1. The number of nitriles is 3. The second-order valence-corrected chi connectivity index (χ2v) is 24.5. The molecule has 0 bridgehead atoms. The van der Waals surface area contributed by atoms with Crippen LogP contribution in [0.4, 0.5) is 35.0 Å². The smallest absolute Gasteiger partial charge is 0.333 e. The lowest BCUT2D eigenvalue weighted by Crippen LogP contribution is -2.35. The highest BCUT2D eigenvalue weighted by molar-refractivity contribution is 7.90. The first kappa shape index (κ1) is 69.8. The average molecular weight is 1250 g/mol. The van der Waals surface area contributed by atoms with Crippen molar-refractivity contribution in [2.24, 2.45) is 24.2 Å². The van der Waals surface area contributed by atoms with Crippen molar-refractivity contribution in [2.75, 3.05) is 39.2 Å². The topological polar surface area (TPSA) is 343 Å². The molecular weight excluding hydrogens is 1190 g/mol. The van der Waals surface area contributed by atoms with Crippen LogP contribution in [0.25, 0.3) is 33.4 Å². The number of nitrogens with one attached hydrogen (secondary N) is 2. The fourth-order valence-electron chi connectivity index (χ4n) is 8.72. The van der Waals surface area contributed by atoms with Crippen LogP contribution in [0.5, 0.6) is 0 Å². The first-order valence-corrected chi connectivity index (χ1v) is 30.0. The van der Waals surface area contributed by atoms with Gasteiger partial charge in [-0.05, 0) is 152 Å². The second-order valence-electron chi connectivity index (χ2n) is 21.3. The maximum Gasteiger partial charge on any atom is 0.333 e. The largest absolute Gasteiger partial charge is 0.398 e. The number of carbonyl (C=O) groups is 1. The van der Waals surface area contributed by atoms with Crippen LogP contribution in [0.15, 0.2) is 119 Å². The van der Waals surface area contributed by atoms with Gasteiger partial charge >= 0.3 is 6.03 Å². The third kappa shape index (κ3) is 19.0. The molecule has 6 N–H and O–H groups in total. The highest BCUT2D eigenvalue weighted by Crippen LogP contribution is 2.39. The summed E-state index contributed by atoms with van der Waals surface area (Å²) in [7, 11) is 2.78. The molecule has 0 saturated heterocycles. The van der Waals surface area contributed by atoms with Crippen LogP contribution in [0.2, 0.25) is 0 Å². The minimum absolute atomic E-state index is 0.0103. The Morgan fingerprint density at radius 1 is 0.607 bits per heavy atom. The highest BCUT2D eigenvalue weighted by Gasteiger charge is 2.26. The van der Waals surface area contributed by atoms with Gasteiger partial charge in [-0.1, -0.05) is 41.5 Å². The SMILES string of the molecule is CC(C)c1cc(F)cc(-c2ccnc(C#N)c2)c1N.CC(C)c1cc(F)cc(-c2ccnc(C#N)c2)c1N=C=O.CC(C)c1cc(F)cc(-c2ccnc(C#N)c2)c1NC(=O)NS(=O)(=O)c1cc(CN(C)C)n(C)n1.CN(C)Cc1cc(S(N)(=O)=O)nn1C. The third-order valence-electron chi connectivity index (χ3n) is 12.9. The number of rotatable bonds is 15. The van der Waals surface area contributed by atoms with Crippen molar-refractivity contribution >= 4 is 49.2 Å². The predicted molar refractivity (Wildman–Crippen MR) is 329 cm³/mol. The number of hydrogen-bond donors (Lipinski definition) is 4. The Labute approximate surface area is 514 Å². The number of aryl methyl sites for hydroxylation is 2. The molecule has 2 amide bonds. The Balaban J connectivity index is 0.000000230. The van der Waals surface area contributed by atoms with Gasteiger partial charge in [0.2, 0.25) is 6.08 Å². The average Bonchev–Trinajstić information content (AvgIpc) is 2.14. The molecule has 23 nitrogen and oxygen atoms in total. The number of aromatic nitrogens is 7. The summed E-state index contributed by atoms with van der Waals surface area (Å²) in [6.07, 6.45) is 5.89. The maximum absolute atomic E-state index is 14.5. The molecule has 89 heavy (non-hydrogen) atoms. The van der Waals surface area contributed by atoms with E-state index in [9.17, 15) is 44.9 Å². The predicted octanol–water partition coefficient (Wildman–Crippen LogP) is 9.63. The van der Waals surface area contributed by atoms with E-state index in [-0.39, 0.29) is 62.0 Å². The second kappa shape index (κ2) is 30.6. The molecule has 8 aromatic rings. The molecule has 28 heteroatoms. The number of pyridine rings is 3. The number of amides is 2. The monoisotopic (exact) mass is 1250 g/mol. The molecule has 0 spiro atoms. The van der Waals surface area contributed by atoms with Crippen molar-refractivity contribution < 1.29 is 39.6 Å². The molecule has 0 unspecified atom stereocenters. The number of aliphatic imine (C=N–C) groups is 1. The van der Waals surface area contributed by atoms with E-state index in [1.807, 2.05) is 102 Å². The van der Waals surface area contributed by atoms with Crippen LogP contribution >= 0.6 is 0 Å². The molecular formula is C61H66F3N17O6S2. The lowest BCUT2D eigenvalue weighted by atomic mass is 9.94. The summed E-state index contributed by atoms with van der Waals surface area (Å²) < 4.78 is 94.6. The number of sulfonamides is 2. The number of isocyanates is 1. The van der Waals surface area contributed by atoms with Crippen LogP contribution in [0.1, 0.15) is 104 Å². The quantitative estimate of drug-likeness (QED) is 0.0421. The van der Waals surface area contributed by atoms with Gasteiger partial charge in [0.25, 0.3) is 20.0 Å². The summed E-state index contributed by atoms with van der Waals surface area (Å²) in [5.41, 5.74) is 14.2. The number of urea groups is 1. The number of anilines is 2. The standard InChI is InChI=1S/C23H26FN7O3S.C16H12FN3O.C15H14FN3.C7H14N4O2S/c1-14(2)19-9-16(24)10-20(15-6-7-26-17(8-15)12-25)22(19)27-23(32)29-35(33,34)21-11-18(13-30(3)4)31(5)28-21;1-10(2)14-6-12(17)7-15(16(14)20-9-21)11-3-4-19-13(5-11)8-18;1-9(2)13-6-11(16)7-14(15(13)18)10-3-4-19-12(5-10)8-17;1-10(2)5-6-4-7(9-11(6)3)14(8,12)13/h6-11,14H,13H2,1-5H3,(H2,27,29,32);3-7,10H,1-2H3;3-7,9H,18H2,1-2H3;4H,5H2,1-3H3,(H2,8,12,13). The first-order chi connectivity index (χ1) is 41.8. The molecule has 0 aliphatic rings. The zero-order valence-electron chi connectivity index (χ0n) is 50.8. The molecule has 0 fully saturated rings. The zero-order valence-corrected chi connectivity index (χ0v) is 52.5. The number of benzene rings is 3. The fourth-order valence-corrected chi connectivity index (χ4v) is 10.2. The Morgan fingerprint density at radius 2 is 1.00 bits per heavy atom. The van der Waals surface area contributed by atoms with Crippen LogP contribution in [-0.4, -0.2) is 101 Å². The lowest BCUT2D eigenvalue weighted by Gasteiger charge is -2.19. The summed E-state index contributed by atoms with van der Waals surface area (Å²) in [6, 6.07) is 25.1. The minimum Gasteiger partial charge on any atom is -0.398 e. The lowest BCUT2D eigenvalue weighted by molar-refractivity contribution is 0.256. The van der Waals surface area contributed by atoms with Crippen molar-refractivity contribution in [3.63, 3.8) is 0 Å². The van der Waals surface area contributed by atoms with E-state index in [0.29, 0.717) is 69.1 Å². The van der Waals surface area contributed by atoms with Gasteiger partial charge in [-0.25, -0.2) is 56.0 Å². The first-order valence-electron chi connectivity index (χ1n) is 27.0. The van der Waals surface area contributed by atoms with Gasteiger partial charge in [0, 0.05) is 80.3 Å². The van der Waals surface area contributed by atoms with E-state index in [0.717, 1.165) is 11.3 Å². The number of hydrogen-bond acceptors (Lipinski definition) is 18. The summed E-state index contributed by atoms with van der Waals surface area (Å²) >= 11 is 0. The van der Waals surface area contributed by atoms with E-state index in [4.69, 9.17) is 21.4 Å². The van der Waals surface area contributed by atoms with Crippen molar-refractivity contribution in [1.29, 1.82) is 15.8 Å². The Bertz CT molecular complexity index is 4310. The fraction of sp³-hybridized carbons (Fsp3) is 0.279. The molecule has 5 aromatic heterocycles. The van der Waals surface area contributed by atoms with E-state index in [1.54, 1.807) is 38.4 Å². The number of primary sulfonamides is 1. The minimum atomic E-state index is -4.29. The van der Waals surface area contributed by atoms with Crippen LogP contribution in [-0.2, 0) is 52.0 Å². The van der Waals surface area contributed by atoms with Crippen molar-refractivity contribution in [1.82, 2.24) is 49.0 Å². The summed E-state index contributed by atoms with van der Waals surface area (Å²) in [5.74, 6) is -1.38. The number of halogens is 3. The molecule has 0 atom stereocenters. The Hall–Kier alpha value is -9.98. The van der Waals surface area contributed by atoms with Gasteiger partial charge in [0.1, 0.15) is 52.7 Å². The van der Waals surface area contributed by atoms with Crippen molar-refractivity contribution in [3.05, 3.63) is 166 Å². The van der Waals surface area contributed by atoms with Gasteiger partial charge in [-0.3, -0.25) is 9.36 Å². The third-order valence-corrected chi connectivity index (χ3v) is 14.9. The van der Waals surface area contributed by atoms with Crippen molar-refractivity contribution in [3.8, 4) is 51.6 Å². The van der Waals surface area contributed by atoms with Crippen molar-refractivity contribution in [2.45, 2.75) is 82.4 Å². The maximum atomic E-state index is 14.5. The van der Waals surface area contributed by atoms with Crippen LogP contribution < -0.4 is 20.9 Å². The van der Waals surface area contributed by atoms with Gasteiger partial charge in [0.15, 0.2) is 10.1 Å². The molecule has 0 aliphatic carbocycles. The van der Waals surface area contributed by atoms with E-state index in [1.165, 1.54) is 94.7 Å². The molecule has 0 aliphatic heterocycles. The molecule has 3 aromatic carbocycles. The molecule has 0 radical (unpaired) electrons. The Kier molecular flexibility index (Phi) is 24.0. The number of carbonyl (C=O) groups excluding carboxylic acids is 2. The van der Waals surface area contributed by atoms with Gasteiger partial charge in [-0.15, -0.1) is 0 Å². The van der Waals surface area contributed by atoms with Gasteiger partial charge in [-0.2, -0.15) is 39.4 Å². The van der Waals surface area contributed by atoms with Crippen LogP contribution in [0.3, 0.4) is 0 Å². The number of nitrogens with zero attached hydrogens (tertiary/aromatic N) is 13. The number of nitrogen functional groups attached to an aromatic ring is 1. The highest BCUT2D eigenvalue weighted by atomic mass is 32.2. The number of nitrogens with two attached hydrogens (primary N) is 2. The molecule has 464 valence electrons. The summed E-state index contributed by atoms with van der Waals surface area (Å²) in [4.78, 5) is 42.7. The summed E-state index contributed by atoms with van der Waals surface area (Å²) in [5, 5.41) is 41.9. The zero-order chi connectivity index (χ0) is 66.2. The Morgan fingerprint density at radius 3 is 1.42 bits per heavy atom. The van der Waals surface area contributed by atoms with Gasteiger partial charge in [0.05, 0.1) is 22.8 Å². The van der Waals surface area contributed by atoms with E-state index < -0.39 is 37.7 Å². The molecule has 5 heterocycles. The molecule has 0 saturated carbocycles. The van der Waals surface area contributed by atoms with Crippen LogP contribution in [0, 0.1) is 51.4 Å². The van der Waals surface area contributed by atoms with E-state index in [2.05, 4.69) is 35.5 Å². The van der Waals surface area contributed by atoms with E-state index >= 15 is 0 Å². The molecule has 8 rings (SSSR count). The van der Waals surface area contributed by atoms with Gasteiger partial charge < -0.3 is 20.9 Å². The summed E-state index contributed by atoms with van der Waals surface area (Å²) in [6.45, 7) is 12.4.